The predicted octanol–water partition coefficient (Wildman–Crippen LogP) is 3.82. The van der Waals surface area contributed by atoms with Gasteiger partial charge in [-0.3, -0.25) is 4.99 Å². The van der Waals surface area contributed by atoms with Crippen molar-refractivity contribution >= 4 is 45.9 Å². The summed E-state index contributed by atoms with van der Waals surface area (Å²) < 4.78 is 6.33. The van der Waals surface area contributed by atoms with Crippen LogP contribution in [0.25, 0.3) is 0 Å². The van der Waals surface area contributed by atoms with Crippen molar-refractivity contribution in [3.63, 3.8) is 0 Å². The molecule has 0 bridgehead atoms. The lowest BCUT2D eigenvalue weighted by atomic mass is 10.2. The minimum absolute atomic E-state index is 0. The molecule has 1 aromatic heterocycles. The highest BCUT2D eigenvalue weighted by atomic mass is 127. The molecule has 0 atom stereocenters. The number of rotatable bonds is 6. The number of halogens is 2. The monoisotopic (exact) mass is 521 g/mol. The van der Waals surface area contributed by atoms with Crippen LogP contribution in [-0.4, -0.2) is 41.6 Å². The minimum atomic E-state index is 0. The molecule has 0 fully saturated rings. The van der Waals surface area contributed by atoms with Crippen LogP contribution >= 0.6 is 39.9 Å². The first-order valence-electron chi connectivity index (χ1n) is 7.98. The predicted molar refractivity (Wildman–Crippen MR) is 114 cm³/mol. The number of hydrogen-bond acceptors (Lipinski definition) is 4. The van der Waals surface area contributed by atoms with Crippen molar-refractivity contribution in [2.45, 2.75) is 32.7 Å². The summed E-state index contributed by atoms with van der Waals surface area (Å²) >= 11 is 3.45. The van der Waals surface area contributed by atoms with E-state index in [0.29, 0.717) is 18.9 Å². The molecular formula is C17H25BrIN5O. The van der Waals surface area contributed by atoms with Gasteiger partial charge in [-0.2, -0.15) is 4.98 Å². The molecule has 0 amide bonds. The van der Waals surface area contributed by atoms with Crippen molar-refractivity contribution in [3.8, 4) is 0 Å². The number of benzene rings is 1. The Morgan fingerprint density at radius 1 is 1.32 bits per heavy atom. The van der Waals surface area contributed by atoms with Crippen molar-refractivity contribution in [2.24, 2.45) is 4.99 Å². The summed E-state index contributed by atoms with van der Waals surface area (Å²) in [4.78, 5) is 10.8. The fourth-order valence-electron chi connectivity index (χ4n) is 2.21. The Bertz CT molecular complexity index is 672. The van der Waals surface area contributed by atoms with Crippen LogP contribution in [0.3, 0.4) is 0 Å². The molecule has 1 aromatic carbocycles. The number of nitrogens with one attached hydrogen (secondary N) is 1. The van der Waals surface area contributed by atoms with Gasteiger partial charge >= 0.3 is 0 Å². The van der Waals surface area contributed by atoms with Gasteiger partial charge in [0.1, 0.15) is 0 Å². The van der Waals surface area contributed by atoms with Crippen LogP contribution in [-0.2, 0) is 13.0 Å². The molecule has 138 valence electrons. The molecule has 0 aliphatic rings. The highest BCUT2D eigenvalue weighted by Gasteiger charge is 2.11. The molecule has 0 aliphatic heterocycles. The molecule has 0 saturated carbocycles. The maximum atomic E-state index is 5.25. The van der Waals surface area contributed by atoms with E-state index < -0.39 is 0 Å². The first-order chi connectivity index (χ1) is 11.5. The molecule has 0 radical (unpaired) electrons. The van der Waals surface area contributed by atoms with Gasteiger partial charge in [0.15, 0.2) is 11.8 Å². The lowest BCUT2D eigenvalue weighted by Gasteiger charge is -2.22. The van der Waals surface area contributed by atoms with Crippen LogP contribution in [0.15, 0.2) is 38.3 Å². The average molecular weight is 522 g/mol. The summed E-state index contributed by atoms with van der Waals surface area (Å²) in [7, 11) is 3.80. The minimum Gasteiger partial charge on any atom is -0.356 e. The Labute approximate surface area is 174 Å². The SMILES string of the molecule is CN=C(NCCc1nc(C(C)C)no1)N(C)Cc1ccc(Br)cc1.I. The normalized spacial score (nSPS) is 11.4. The fourth-order valence-corrected chi connectivity index (χ4v) is 2.47. The van der Waals surface area contributed by atoms with E-state index in [9.17, 15) is 0 Å². The summed E-state index contributed by atoms with van der Waals surface area (Å²) in [6.45, 7) is 5.57. The first-order valence-corrected chi connectivity index (χ1v) is 8.77. The Kier molecular flexibility index (Phi) is 9.41. The molecule has 6 nitrogen and oxygen atoms in total. The van der Waals surface area contributed by atoms with E-state index in [-0.39, 0.29) is 29.9 Å². The Morgan fingerprint density at radius 3 is 2.56 bits per heavy atom. The maximum absolute atomic E-state index is 5.25. The number of hydrogen-bond donors (Lipinski definition) is 1. The highest BCUT2D eigenvalue weighted by molar-refractivity contribution is 14.0. The van der Waals surface area contributed by atoms with E-state index in [1.807, 2.05) is 33.0 Å². The third-order valence-electron chi connectivity index (χ3n) is 3.53. The molecule has 1 heterocycles. The Balaban J connectivity index is 0.00000312. The standard InChI is InChI=1S/C17H24BrN5O.HI/c1-12(2)16-21-15(24-22-16)9-10-20-17(19-3)23(4)11-13-5-7-14(18)8-6-13;/h5-8,12H,9-11H2,1-4H3,(H,19,20);1H. The summed E-state index contributed by atoms with van der Waals surface area (Å²) in [5, 5.41) is 7.30. The highest BCUT2D eigenvalue weighted by Crippen LogP contribution is 2.12. The molecular weight excluding hydrogens is 497 g/mol. The number of guanidine groups is 1. The van der Waals surface area contributed by atoms with Crippen LogP contribution in [0.4, 0.5) is 0 Å². The van der Waals surface area contributed by atoms with Crippen LogP contribution in [0, 0.1) is 0 Å². The largest absolute Gasteiger partial charge is 0.356 e. The summed E-state index contributed by atoms with van der Waals surface area (Å²) in [6, 6.07) is 8.28. The fraction of sp³-hybridized carbons (Fsp3) is 0.471. The van der Waals surface area contributed by atoms with Crippen LogP contribution < -0.4 is 5.32 Å². The van der Waals surface area contributed by atoms with E-state index in [2.05, 4.69) is 53.4 Å². The molecule has 1 N–H and O–H groups in total. The number of nitrogens with zero attached hydrogens (tertiary/aromatic N) is 4. The van der Waals surface area contributed by atoms with Crippen molar-refractivity contribution in [1.29, 1.82) is 0 Å². The van der Waals surface area contributed by atoms with Gasteiger partial charge in [-0.25, -0.2) is 0 Å². The van der Waals surface area contributed by atoms with Gasteiger partial charge in [-0.1, -0.05) is 47.1 Å². The average Bonchev–Trinajstić information content (AvgIpc) is 3.03. The zero-order valence-electron chi connectivity index (χ0n) is 15.0. The second-order valence-electron chi connectivity index (χ2n) is 5.91. The molecule has 0 spiro atoms. The van der Waals surface area contributed by atoms with Gasteiger partial charge in [0.2, 0.25) is 5.89 Å². The molecule has 25 heavy (non-hydrogen) atoms. The molecule has 0 saturated heterocycles. The second-order valence-corrected chi connectivity index (χ2v) is 6.82. The Hall–Kier alpha value is -1.16. The second kappa shape index (κ2) is 10.7. The summed E-state index contributed by atoms with van der Waals surface area (Å²) in [5.74, 6) is 2.51. The van der Waals surface area contributed by atoms with Gasteiger partial charge in [-0.15, -0.1) is 24.0 Å². The zero-order valence-corrected chi connectivity index (χ0v) is 18.9. The van der Waals surface area contributed by atoms with E-state index >= 15 is 0 Å². The van der Waals surface area contributed by atoms with E-state index in [1.165, 1.54) is 5.56 Å². The lowest BCUT2D eigenvalue weighted by Crippen LogP contribution is -2.39. The van der Waals surface area contributed by atoms with Gasteiger partial charge in [-0.05, 0) is 17.7 Å². The van der Waals surface area contributed by atoms with Gasteiger partial charge in [0.05, 0.1) is 0 Å². The summed E-state index contributed by atoms with van der Waals surface area (Å²) in [5.41, 5.74) is 1.22. The zero-order chi connectivity index (χ0) is 17.5. The molecule has 2 aromatic rings. The Morgan fingerprint density at radius 2 is 2.00 bits per heavy atom. The van der Waals surface area contributed by atoms with Crippen LogP contribution in [0.5, 0.6) is 0 Å². The molecule has 2 rings (SSSR count). The van der Waals surface area contributed by atoms with Gasteiger partial charge < -0.3 is 14.7 Å². The maximum Gasteiger partial charge on any atom is 0.228 e. The molecule has 0 aliphatic carbocycles. The van der Waals surface area contributed by atoms with Crippen molar-refractivity contribution in [2.75, 3.05) is 20.6 Å². The summed E-state index contributed by atoms with van der Waals surface area (Å²) in [6.07, 6.45) is 0.671. The van der Waals surface area contributed by atoms with Crippen molar-refractivity contribution in [3.05, 3.63) is 46.0 Å². The molecule has 0 unspecified atom stereocenters. The van der Waals surface area contributed by atoms with Crippen LogP contribution in [0.1, 0.15) is 37.0 Å². The molecule has 8 heteroatoms. The third-order valence-corrected chi connectivity index (χ3v) is 4.06. The van der Waals surface area contributed by atoms with Crippen molar-refractivity contribution in [1.82, 2.24) is 20.4 Å². The number of aromatic nitrogens is 2. The lowest BCUT2D eigenvalue weighted by molar-refractivity contribution is 0.370. The number of aliphatic imine (C=N–C) groups is 1. The van der Waals surface area contributed by atoms with E-state index in [4.69, 9.17) is 4.52 Å². The van der Waals surface area contributed by atoms with Gasteiger partial charge in [0.25, 0.3) is 0 Å². The smallest absolute Gasteiger partial charge is 0.228 e. The van der Waals surface area contributed by atoms with Crippen LogP contribution in [0.2, 0.25) is 0 Å². The van der Waals surface area contributed by atoms with Gasteiger partial charge in [0, 0.05) is 44.0 Å². The van der Waals surface area contributed by atoms with E-state index in [0.717, 1.165) is 22.8 Å². The topological polar surface area (TPSA) is 66.5 Å². The van der Waals surface area contributed by atoms with Crippen molar-refractivity contribution < 1.29 is 4.52 Å². The van der Waals surface area contributed by atoms with E-state index in [1.54, 1.807) is 7.05 Å². The quantitative estimate of drug-likeness (QED) is 0.355. The first kappa shape index (κ1) is 21.9. The third kappa shape index (κ3) is 6.93.